The quantitative estimate of drug-likeness (QED) is 0.588. The number of rotatable bonds is 8. The van der Waals surface area contributed by atoms with Gasteiger partial charge in [-0.05, 0) is 24.1 Å². The highest BCUT2D eigenvalue weighted by Crippen LogP contribution is 2.22. The fraction of sp³-hybridized carbons (Fsp3) is 0.632. The molecule has 1 aliphatic rings. The van der Waals surface area contributed by atoms with Crippen molar-refractivity contribution in [1.82, 2.24) is 14.3 Å². The number of carbonyl (C=O) groups is 1. The Morgan fingerprint density at radius 1 is 1.36 bits per heavy atom. The highest BCUT2D eigenvalue weighted by molar-refractivity contribution is 7.89. The van der Waals surface area contributed by atoms with E-state index < -0.39 is 10.0 Å². The number of benzene rings is 1. The molecule has 0 N–H and O–H groups in total. The van der Waals surface area contributed by atoms with Gasteiger partial charge in [0.05, 0.1) is 22.9 Å². The maximum absolute atomic E-state index is 12.6. The highest BCUT2D eigenvalue weighted by atomic mass is 35.5. The smallest absolute Gasteiger partial charge is 0.242 e. The molecular formula is C19H30ClN3O4S. The largest absolute Gasteiger partial charge is 0.379 e. The summed E-state index contributed by atoms with van der Waals surface area (Å²) in [5, 5.41) is 3.46. The summed E-state index contributed by atoms with van der Waals surface area (Å²) in [4.78, 5) is 12.7. The fourth-order valence-electron chi connectivity index (χ4n) is 3.29. The zero-order chi connectivity index (χ0) is 21.1. The van der Waals surface area contributed by atoms with E-state index in [9.17, 15) is 13.2 Å². The van der Waals surface area contributed by atoms with E-state index in [1.807, 2.05) is 18.0 Å². The van der Waals surface area contributed by atoms with Crippen LogP contribution in [-0.4, -0.2) is 81.0 Å². The average molecular weight is 432 g/mol. The van der Waals surface area contributed by atoms with Gasteiger partial charge in [-0.1, -0.05) is 19.1 Å². The second-order valence-electron chi connectivity index (χ2n) is 7.23. The van der Waals surface area contributed by atoms with Crippen molar-refractivity contribution in [2.45, 2.75) is 43.1 Å². The third kappa shape index (κ3) is 5.24. The number of nitrogens with zero attached hydrogens (tertiary/aromatic N) is 3. The number of methoxy groups -OCH3 is 1. The first-order chi connectivity index (χ1) is 13.1. The molecule has 1 aromatic rings. The summed E-state index contributed by atoms with van der Waals surface area (Å²) < 4.78 is 31.9. The van der Waals surface area contributed by atoms with Gasteiger partial charge >= 0.3 is 0 Å². The predicted octanol–water partition coefficient (Wildman–Crippen LogP) is 1.88. The number of ether oxygens (including phenoxy) is 1. The fourth-order valence-corrected chi connectivity index (χ4v) is 4.75. The van der Waals surface area contributed by atoms with Crippen molar-refractivity contribution in [3.63, 3.8) is 0 Å². The van der Waals surface area contributed by atoms with E-state index in [0.717, 1.165) is 5.56 Å². The van der Waals surface area contributed by atoms with Crippen LogP contribution in [0.5, 0.6) is 0 Å². The molecule has 0 aliphatic carbocycles. The summed E-state index contributed by atoms with van der Waals surface area (Å²) in [6.45, 7) is 5.46. The van der Waals surface area contributed by atoms with Gasteiger partial charge < -0.3 is 4.74 Å². The van der Waals surface area contributed by atoms with Crippen LogP contribution in [0.3, 0.4) is 0 Å². The number of amides is 1. The summed E-state index contributed by atoms with van der Waals surface area (Å²) in [6, 6.07) is 5.41. The van der Waals surface area contributed by atoms with E-state index in [1.54, 1.807) is 31.2 Å². The van der Waals surface area contributed by atoms with Crippen LogP contribution in [-0.2, 0) is 26.0 Å². The normalized spacial score (nSPS) is 20.0. The van der Waals surface area contributed by atoms with Gasteiger partial charge in [-0.2, -0.15) is 0 Å². The lowest BCUT2D eigenvalue weighted by Gasteiger charge is -2.41. The molecular weight excluding hydrogens is 402 g/mol. The van der Waals surface area contributed by atoms with Gasteiger partial charge in [0.25, 0.3) is 0 Å². The van der Waals surface area contributed by atoms with Crippen LogP contribution in [0, 0.1) is 6.92 Å². The van der Waals surface area contributed by atoms with Gasteiger partial charge in [0, 0.05) is 47.1 Å². The lowest BCUT2D eigenvalue weighted by atomic mass is 10.1. The zero-order valence-corrected chi connectivity index (χ0v) is 18.8. The standard InChI is InChI=1S/C19H30ClN3O4S/c1-6-22-12-16(20)11-19(24)23(22)13-17(27-5)9-15-8-7-14(2)18(10-15)28(25,26)21(3)4/h7-8,10,16-17H,6,9,11-13H2,1-5H3. The molecule has 28 heavy (non-hydrogen) atoms. The summed E-state index contributed by atoms with van der Waals surface area (Å²) >= 11 is 6.17. The Morgan fingerprint density at radius 3 is 2.61 bits per heavy atom. The van der Waals surface area contributed by atoms with Gasteiger partial charge in [0.1, 0.15) is 0 Å². The van der Waals surface area contributed by atoms with E-state index >= 15 is 0 Å². The van der Waals surface area contributed by atoms with Crippen LogP contribution in [0.1, 0.15) is 24.5 Å². The molecule has 2 rings (SSSR count). The van der Waals surface area contributed by atoms with Crippen LogP contribution >= 0.6 is 11.6 Å². The third-order valence-corrected chi connectivity index (χ3v) is 7.23. The second kappa shape index (κ2) is 9.54. The number of sulfonamides is 1. The van der Waals surface area contributed by atoms with Gasteiger partial charge in [0.15, 0.2) is 0 Å². The Labute approximate surface area is 173 Å². The molecule has 1 aromatic carbocycles. The van der Waals surface area contributed by atoms with Crippen molar-refractivity contribution in [3.05, 3.63) is 29.3 Å². The molecule has 158 valence electrons. The lowest BCUT2D eigenvalue weighted by molar-refractivity contribution is -0.159. The minimum atomic E-state index is -3.52. The number of halogens is 1. The first kappa shape index (κ1) is 23.1. The topological polar surface area (TPSA) is 70.2 Å². The minimum absolute atomic E-state index is 0.0186. The van der Waals surface area contributed by atoms with Crippen molar-refractivity contribution in [3.8, 4) is 0 Å². The molecule has 1 heterocycles. The van der Waals surface area contributed by atoms with E-state index in [0.29, 0.717) is 42.9 Å². The maximum Gasteiger partial charge on any atom is 0.242 e. The van der Waals surface area contributed by atoms with E-state index in [1.165, 1.54) is 18.4 Å². The Kier molecular flexibility index (Phi) is 7.87. The third-order valence-electron chi connectivity index (χ3n) is 4.98. The van der Waals surface area contributed by atoms with E-state index in [-0.39, 0.29) is 17.4 Å². The van der Waals surface area contributed by atoms with Crippen molar-refractivity contribution in [2.24, 2.45) is 0 Å². The van der Waals surface area contributed by atoms with Crippen molar-refractivity contribution in [2.75, 3.05) is 40.8 Å². The van der Waals surface area contributed by atoms with Crippen LogP contribution in [0.15, 0.2) is 23.1 Å². The lowest BCUT2D eigenvalue weighted by Crippen LogP contribution is -2.56. The van der Waals surface area contributed by atoms with Crippen LogP contribution in [0.25, 0.3) is 0 Å². The second-order valence-corrected chi connectivity index (χ2v) is 9.97. The molecule has 9 heteroatoms. The molecule has 2 unspecified atom stereocenters. The van der Waals surface area contributed by atoms with Crippen molar-refractivity contribution >= 4 is 27.5 Å². The molecule has 1 fully saturated rings. The monoisotopic (exact) mass is 431 g/mol. The Hall–Kier alpha value is -1.19. The van der Waals surface area contributed by atoms with Gasteiger partial charge in [-0.3, -0.25) is 9.80 Å². The molecule has 0 radical (unpaired) electrons. The summed E-state index contributed by atoms with van der Waals surface area (Å²) in [5.41, 5.74) is 1.54. The van der Waals surface area contributed by atoms with Crippen LogP contribution in [0.4, 0.5) is 0 Å². The Morgan fingerprint density at radius 2 is 2.04 bits per heavy atom. The summed E-state index contributed by atoms with van der Waals surface area (Å²) in [7, 11) is 1.12. The highest BCUT2D eigenvalue weighted by Gasteiger charge is 2.32. The molecule has 2 atom stereocenters. The number of hydrazine groups is 1. The number of hydrogen-bond donors (Lipinski definition) is 0. The zero-order valence-electron chi connectivity index (χ0n) is 17.2. The minimum Gasteiger partial charge on any atom is -0.379 e. The Balaban J connectivity index is 2.20. The molecule has 0 bridgehead atoms. The first-order valence-electron chi connectivity index (χ1n) is 9.34. The number of alkyl halides is 1. The van der Waals surface area contributed by atoms with Crippen molar-refractivity contribution < 1.29 is 17.9 Å². The number of hydrogen-bond acceptors (Lipinski definition) is 5. The SMILES string of the molecule is CCN1CC(Cl)CC(=O)N1CC(Cc1ccc(C)c(S(=O)(=O)N(C)C)c1)OC. The van der Waals surface area contributed by atoms with Crippen molar-refractivity contribution in [1.29, 1.82) is 0 Å². The molecule has 1 amide bonds. The Bertz CT molecular complexity index is 800. The van der Waals surface area contributed by atoms with E-state index in [4.69, 9.17) is 16.3 Å². The molecule has 0 saturated carbocycles. The summed E-state index contributed by atoms with van der Waals surface area (Å²) in [6.07, 6.45) is 0.547. The molecule has 7 nitrogen and oxygen atoms in total. The number of aryl methyl sites for hydroxylation is 1. The van der Waals surface area contributed by atoms with Crippen LogP contribution in [0.2, 0.25) is 0 Å². The average Bonchev–Trinajstić information content (AvgIpc) is 2.63. The molecule has 1 saturated heterocycles. The maximum atomic E-state index is 12.6. The van der Waals surface area contributed by atoms with Gasteiger partial charge in [0.2, 0.25) is 15.9 Å². The van der Waals surface area contributed by atoms with Gasteiger partial charge in [-0.25, -0.2) is 17.7 Å². The molecule has 0 spiro atoms. The predicted molar refractivity (Wildman–Crippen MR) is 110 cm³/mol. The number of carbonyl (C=O) groups excluding carboxylic acids is 1. The summed E-state index contributed by atoms with van der Waals surface area (Å²) in [5.74, 6) is -0.0186. The molecule has 0 aromatic heterocycles. The molecule has 1 aliphatic heterocycles. The van der Waals surface area contributed by atoms with Crippen LogP contribution < -0.4 is 0 Å². The first-order valence-corrected chi connectivity index (χ1v) is 11.2. The van der Waals surface area contributed by atoms with Gasteiger partial charge in [-0.15, -0.1) is 11.6 Å². The van der Waals surface area contributed by atoms with E-state index in [2.05, 4.69) is 0 Å².